The first-order valence-electron chi connectivity index (χ1n) is 9.37. The molecular weight excluding hydrogens is 382 g/mol. The number of hydrogen-bond acceptors (Lipinski definition) is 7. The van der Waals surface area contributed by atoms with Gasteiger partial charge in [-0.3, -0.25) is 10.2 Å². The molecule has 0 radical (unpaired) electrons. The fourth-order valence-corrected chi connectivity index (χ4v) is 2.91. The lowest BCUT2D eigenvalue weighted by Crippen LogP contribution is -2.39. The van der Waals surface area contributed by atoms with Crippen LogP contribution in [0.3, 0.4) is 0 Å². The molecule has 158 valence electrons. The van der Waals surface area contributed by atoms with Crippen molar-refractivity contribution in [3.05, 3.63) is 64.9 Å². The van der Waals surface area contributed by atoms with E-state index in [1.54, 1.807) is 48.4 Å². The van der Waals surface area contributed by atoms with Gasteiger partial charge in [0.25, 0.3) is 5.91 Å². The molecule has 0 aliphatic carbocycles. The Bertz CT molecular complexity index is 935. The van der Waals surface area contributed by atoms with Gasteiger partial charge in [0.1, 0.15) is 5.70 Å². The van der Waals surface area contributed by atoms with E-state index in [4.69, 9.17) is 15.8 Å². The lowest BCUT2D eigenvalue weighted by molar-refractivity contribution is -0.118. The summed E-state index contributed by atoms with van der Waals surface area (Å²) in [5.74, 6) is 5.16. The summed E-state index contributed by atoms with van der Waals surface area (Å²) in [6.45, 7) is 1.94. The summed E-state index contributed by atoms with van der Waals surface area (Å²) in [6.07, 6.45) is 1.57. The molecule has 0 heterocycles. The van der Waals surface area contributed by atoms with Crippen LogP contribution in [0.15, 0.2) is 48.2 Å². The van der Waals surface area contributed by atoms with Crippen LogP contribution in [0.1, 0.15) is 16.7 Å². The van der Waals surface area contributed by atoms with E-state index in [-0.39, 0.29) is 5.75 Å². The van der Waals surface area contributed by atoms with E-state index in [2.05, 4.69) is 16.4 Å². The maximum atomic E-state index is 12.3. The zero-order chi connectivity index (χ0) is 22.1. The molecule has 2 rings (SSSR count). The standard InChI is InChI=1S/C22H27N5O3/c1-26(15-17-9-7-16(14-23)8-10-17)11-12-27(2)19(22(29)25-24)13-18-5-4-6-20(30-3)21(18)28/h4-10,13,28H,11-12,15,24H2,1-3H3,(H,25,29)/b19-13+. The second-order valence-corrected chi connectivity index (χ2v) is 6.87. The van der Waals surface area contributed by atoms with Crippen LogP contribution in [-0.2, 0) is 11.3 Å². The number of phenols is 1. The number of ether oxygens (including phenoxy) is 1. The molecule has 4 N–H and O–H groups in total. The molecule has 8 nitrogen and oxygen atoms in total. The van der Waals surface area contributed by atoms with Gasteiger partial charge < -0.3 is 19.6 Å². The molecule has 0 fully saturated rings. The maximum absolute atomic E-state index is 12.3. The highest BCUT2D eigenvalue weighted by molar-refractivity contribution is 5.97. The van der Waals surface area contributed by atoms with Crippen molar-refractivity contribution in [2.24, 2.45) is 5.84 Å². The van der Waals surface area contributed by atoms with E-state index >= 15 is 0 Å². The lowest BCUT2D eigenvalue weighted by Gasteiger charge is -2.25. The number of methoxy groups -OCH3 is 1. The van der Waals surface area contributed by atoms with Gasteiger partial charge in [0.2, 0.25) is 0 Å². The number of likely N-dealkylation sites (N-methyl/N-ethyl adjacent to an activating group) is 2. The molecule has 0 spiro atoms. The highest BCUT2D eigenvalue weighted by Gasteiger charge is 2.16. The molecule has 0 aromatic heterocycles. The highest BCUT2D eigenvalue weighted by Crippen LogP contribution is 2.31. The number of nitrogens with zero attached hydrogens (tertiary/aromatic N) is 3. The summed E-state index contributed by atoms with van der Waals surface area (Å²) in [5, 5.41) is 19.2. The van der Waals surface area contributed by atoms with Gasteiger partial charge in [-0.15, -0.1) is 0 Å². The Morgan fingerprint density at radius 1 is 1.23 bits per heavy atom. The van der Waals surface area contributed by atoms with E-state index < -0.39 is 5.91 Å². The Balaban J connectivity index is 2.09. The number of phenolic OH excluding ortho intramolecular Hbond substituents is 1. The van der Waals surface area contributed by atoms with Crippen LogP contribution in [0, 0.1) is 11.3 Å². The average molecular weight is 409 g/mol. The van der Waals surface area contributed by atoms with Crippen molar-refractivity contribution in [1.82, 2.24) is 15.2 Å². The topological polar surface area (TPSA) is 115 Å². The molecule has 0 unspecified atom stereocenters. The summed E-state index contributed by atoms with van der Waals surface area (Å²) in [6, 6.07) is 14.6. The largest absolute Gasteiger partial charge is 0.504 e. The first-order chi connectivity index (χ1) is 14.4. The van der Waals surface area contributed by atoms with Crippen molar-refractivity contribution in [3.8, 4) is 17.6 Å². The molecule has 0 atom stereocenters. The molecule has 8 heteroatoms. The van der Waals surface area contributed by atoms with Crippen LogP contribution in [0.2, 0.25) is 0 Å². The van der Waals surface area contributed by atoms with Crippen LogP contribution < -0.4 is 16.0 Å². The normalized spacial score (nSPS) is 11.1. The van der Waals surface area contributed by atoms with E-state index in [1.165, 1.54) is 7.11 Å². The zero-order valence-electron chi connectivity index (χ0n) is 17.4. The molecule has 0 saturated carbocycles. The third kappa shape index (κ3) is 5.98. The van der Waals surface area contributed by atoms with Gasteiger partial charge in [0.15, 0.2) is 11.5 Å². The third-order valence-electron chi connectivity index (χ3n) is 4.67. The molecule has 0 aliphatic rings. The van der Waals surface area contributed by atoms with Gasteiger partial charge in [-0.05, 0) is 36.9 Å². The Labute approximate surface area is 176 Å². The Morgan fingerprint density at radius 2 is 1.93 bits per heavy atom. The number of aromatic hydroxyl groups is 1. The first-order valence-corrected chi connectivity index (χ1v) is 9.37. The summed E-state index contributed by atoms with van der Waals surface area (Å²) in [7, 11) is 5.23. The smallest absolute Gasteiger partial charge is 0.281 e. The number of hydrazine groups is 1. The number of hydrogen-bond donors (Lipinski definition) is 3. The van der Waals surface area contributed by atoms with Gasteiger partial charge in [0, 0.05) is 32.2 Å². The molecule has 0 aliphatic heterocycles. The van der Waals surface area contributed by atoms with E-state index in [0.29, 0.717) is 42.2 Å². The van der Waals surface area contributed by atoms with Gasteiger partial charge in [-0.25, -0.2) is 5.84 Å². The van der Waals surface area contributed by atoms with E-state index in [1.807, 2.05) is 19.2 Å². The molecule has 30 heavy (non-hydrogen) atoms. The number of benzene rings is 2. The van der Waals surface area contributed by atoms with Gasteiger partial charge in [-0.1, -0.05) is 24.3 Å². The molecule has 0 saturated heterocycles. The lowest BCUT2D eigenvalue weighted by atomic mass is 10.1. The van der Waals surface area contributed by atoms with Crippen LogP contribution in [0.5, 0.6) is 11.5 Å². The molecular formula is C22H27N5O3. The van der Waals surface area contributed by atoms with E-state index in [0.717, 1.165) is 5.56 Å². The molecule has 1 amide bonds. The number of para-hydroxylation sites is 1. The van der Waals surface area contributed by atoms with E-state index in [9.17, 15) is 9.90 Å². The van der Waals surface area contributed by atoms with Crippen LogP contribution >= 0.6 is 0 Å². The SMILES string of the molecule is COc1cccc(/C=C(\C(=O)NN)N(C)CCN(C)Cc2ccc(C#N)cc2)c1O. The predicted molar refractivity (Wildman–Crippen MR) is 115 cm³/mol. The monoisotopic (exact) mass is 409 g/mol. The summed E-state index contributed by atoms with van der Waals surface area (Å²) in [5.41, 5.74) is 4.64. The zero-order valence-corrected chi connectivity index (χ0v) is 17.4. The number of rotatable bonds is 9. The second-order valence-electron chi connectivity index (χ2n) is 6.87. The number of nitriles is 1. The summed E-state index contributed by atoms with van der Waals surface area (Å²) < 4.78 is 5.12. The number of nitrogens with one attached hydrogen (secondary N) is 1. The van der Waals surface area contributed by atoms with Gasteiger partial charge in [0.05, 0.1) is 18.7 Å². The predicted octanol–water partition coefficient (Wildman–Crippen LogP) is 1.67. The molecule has 2 aromatic carbocycles. The summed E-state index contributed by atoms with van der Waals surface area (Å²) in [4.78, 5) is 16.2. The minimum Gasteiger partial charge on any atom is -0.504 e. The van der Waals surface area contributed by atoms with Crippen molar-refractivity contribution >= 4 is 12.0 Å². The second kappa shape index (κ2) is 10.9. The first kappa shape index (κ1) is 22.7. The number of carbonyl (C=O) groups is 1. The van der Waals surface area contributed by atoms with Crippen LogP contribution in [0.4, 0.5) is 0 Å². The number of nitrogens with two attached hydrogens (primary N) is 1. The summed E-state index contributed by atoms with van der Waals surface area (Å²) >= 11 is 0. The average Bonchev–Trinajstić information content (AvgIpc) is 2.76. The molecule has 0 bridgehead atoms. The van der Waals surface area contributed by atoms with Crippen molar-refractivity contribution < 1.29 is 14.6 Å². The van der Waals surface area contributed by atoms with Crippen LogP contribution in [-0.4, -0.2) is 55.1 Å². The maximum Gasteiger partial charge on any atom is 0.281 e. The Hall–Kier alpha value is -3.54. The highest BCUT2D eigenvalue weighted by atomic mass is 16.5. The fraction of sp³-hybridized carbons (Fsp3) is 0.273. The van der Waals surface area contributed by atoms with Crippen molar-refractivity contribution in [3.63, 3.8) is 0 Å². The van der Waals surface area contributed by atoms with Crippen molar-refractivity contribution in [2.45, 2.75) is 6.54 Å². The Morgan fingerprint density at radius 3 is 2.53 bits per heavy atom. The quantitative estimate of drug-likeness (QED) is 0.250. The Kier molecular flexibility index (Phi) is 8.23. The minimum atomic E-state index is -0.463. The van der Waals surface area contributed by atoms with Crippen LogP contribution in [0.25, 0.3) is 6.08 Å². The van der Waals surface area contributed by atoms with Gasteiger partial charge >= 0.3 is 0 Å². The van der Waals surface area contributed by atoms with Crippen molar-refractivity contribution in [1.29, 1.82) is 5.26 Å². The van der Waals surface area contributed by atoms with Crippen molar-refractivity contribution in [2.75, 3.05) is 34.3 Å². The molecule has 2 aromatic rings. The number of amides is 1. The minimum absolute atomic E-state index is 0.0475. The third-order valence-corrected chi connectivity index (χ3v) is 4.67. The fourth-order valence-electron chi connectivity index (χ4n) is 2.91. The van der Waals surface area contributed by atoms with Gasteiger partial charge in [-0.2, -0.15) is 5.26 Å². The number of carbonyl (C=O) groups excluding carboxylic acids is 1.